The van der Waals surface area contributed by atoms with Crippen molar-refractivity contribution in [2.24, 2.45) is 0 Å². The molecular formula is C22H19ClN4O3. The summed E-state index contributed by atoms with van der Waals surface area (Å²) in [6.07, 6.45) is 0.755. The van der Waals surface area contributed by atoms with Crippen molar-refractivity contribution in [2.45, 2.75) is 25.9 Å². The van der Waals surface area contributed by atoms with Crippen LogP contribution < -0.4 is 15.8 Å². The Morgan fingerprint density at radius 2 is 1.83 bits per heavy atom. The molecule has 0 radical (unpaired) electrons. The summed E-state index contributed by atoms with van der Waals surface area (Å²) in [5.41, 5.74) is 2.13. The molecule has 2 amide bonds. The molecule has 0 saturated heterocycles. The lowest BCUT2D eigenvalue weighted by molar-refractivity contribution is -0.117. The van der Waals surface area contributed by atoms with E-state index in [0.29, 0.717) is 10.7 Å². The number of fused-ring (bicyclic) bond motifs is 1. The van der Waals surface area contributed by atoms with Crippen molar-refractivity contribution >= 4 is 34.8 Å². The molecule has 0 aliphatic carbocycles. The molecule has 0 fully saturated rings. The molecule has 1 aliphatic heterocycles. The van der Waals surface area contributed by atoms with Crippen molar-refractivity contribution in [3.63, 3.8) is 0 Å². The van der Waals surface area contributed by atoms with Crippen molar-refractivity contribution in [3.05, 3.63) is 87.3 Å². The van der Waals surface area contributed by atoms with Gasteiger partial charge in [0.2, 0.25) is 5.91 Å². The molecule has 2 aromatic carbocycles. The minimum absolute atomic E-state index is 0.0229. The maximum Gasteiger partial charge on any atom is 0.278 e. The Hall–Kier alpha value is -3.45. The molecule has 0 bridgehead atoms. The van der Waals surface area contributed by atoms with Gasteiger partial charge in [0, 0.05) is 28.5 Å². The minimum Gasteiger partial charge on any atom is -0.324 e. The maximum absolute atomic E-state index is 13.1. The summed E-state index contributed by atoms with van der Waals surface area (Å²) in [6.45, 7) is 1.65. The number of anilines is 2. The topological polar surface area (TPSA) is 84.3 Å². The second-order valence-corrected chi connectivity index (χ2v) is 7.56. The summed E-state index contributed by atoms with van der Waals surface area (Å²) in [5.74, 6) is -0.740. The average molecular weight is 423 g/mol. The number of carbonyl (C=O) groups is 2. The first-order chi connectivity index (χ1) is 14.4. The standard InChI is InChI=1S/C22H19ClN4O3/c1-14-12-15-4-2-3-5-19(15)27(14)22(30)18-10-11-21(29)26(25-18)13-20(28)24-17-8-6-16(23)7-9-17/h2-11,14H,12-13H2,1H3,(H,24,28)/t14-/m1/s1. The van der Waals surface area contributed by atoms with Crippen LogP contribution in [0, 0.1) is 0 Å². The number of hydrogen-bond acceptors (Lipinski definition) is 4. The molecule has 2 heterocycles. The van der Waals surface area contributed by atoms with Crippen LogP contribution in [0.4, 0.5) is 11.4 Å². The molecular weight excluding hydrogens is 404 g/mol. The van der Waals surface area contributed by atoms with Crippen molar-refractivity contribution < 1.29 is 9.59 Å². The lowest BCUT2D eigenvalue weighted by Crippen LogP contribution is -2.38. The van der Waals surface area contributed by atoms with Gasteiger partial charge in [-0.2, -0.15) is 5.10 Å². The second kappa shape index (κ2) is 8.12. The normalized spacial score (nSPS) is 15.0. The zero-order valence-corrected chi connectivity index (χ0v) is 17.0. The molecule has 1 atom stereocenters. The van der Waals surface area contributed by atoms with Crippen molar-refractivity contribution in [1.29, 1.82) is 0 Å². The lowest BCUT2D eigenvalue weighted by atomic mass is 10.1. The summed E-state index contributed by atoms with van der Waals surface area (Å²) in [4.78, 5) is 39.3. The van der Waals surface area contributed by atoms with Crippen LogP contribution >= 0.6 is 11.6 Å². The van der Waals surface area contributed by atoms with Gasteiger partial charge >= 0.3 is 0 Å². The third kappa shape index (κ3) is 3.97. The number of nitrogens with one attached hydrogen (secondary N) is 1. The molecule has 1 N–H and O–H groups in total. The molecule has 152 valence electrons. The average Bonchev–Trinajstić information content (AvgIpc) is 3.06. The van der Waals surface area contributed by atoms with E-state index in [4.69, 9.17) is 11.6 Å². The Morgan fingerprint density at radius 1 is 1.10 bits per heavy atom. The summed E-state index contributed by atoms with van der Waals surface area (Å²) in [7, 11) is 0. The van der Waals surface area contributed by atoms with Gasteiger partial charge in [0.05, 0.1) is 0 Å². The number of carbonyl (C=O) groups excluding carboxylic acids is 2. The van der Waals surface area contributed by atoms with E-state index in [1.54, 1.807) is 29.2 Å². The molecule has 1 aliphatic rings. The quantitative estimate of drug-likeness (QED) is 0.700. The molecule has 7 nitrogen and oxygen atoms in total. The molecule has 0 spiro atoms. The monoisotopic (exact) mass is 422 g/mol. The molecule has 0 unspecified atom stereocenters. The van der Waals surface area contributed by atoms with Gasteiger partial charge < -0.3 is 10.2 Å². The van der Waals surface area contributed by atoms with Gasteiger partial charge in [0.1, 0.15) is 12.2 Å². The number of para-hydroxylation sites is 1. The van der Waals surface area contributed by atoms with Gasteiger partial charge in [0.15, 0.2) is 0 Å². The molecule has 30 heavy (non-hydrogen) atoms. The minimum atomic E-state index is -0.465. The fourth-order valence-electron chi connectivity index (χ4n) is 3.54. The van der Waals surface area contributed by atoms with Crippen LogP contribution in [-0.2, 0) is 17.8 Å². The van der Waals surface area contributed by atoms with Crippen LogP contribution in [0.3, 0.4) is 0 Å². The van der Waals surface area contributed by atoms with E-state index in [0.717, 1.165) is 22.4 Å². The van der Waals surface area contributed by atoms with Gasteiger partial charge in [-0.25, -0.2) is 4.68 Å². The van der Waals surface area contributed by atoms with E-state index >= 15 is 0 Å². The number of aromatic nitrogens is 2. The number of benzene rings is 2. The Kier molecular flexibility index (Phi) is 5.37. The predicted molar refractivity (Wildman–Crippen MR) is 115 cm³/mol. The molecule has 1 aromatic heterocycles. The third-order valence-corrected chi connectivity index (χ3v) is 5.19. The number of amides is 2. The summed E-state index contributed by atoms with van der Waals surface area (Å²) >= 11 is 5.84. The van der Waals surface area contributed by atoms with Crippen LogP contribution in [0.5, 0.6) is 0 Å². The van der Waals surface area contributed by atoms with E-state index < -0.39 is 11.5 Å². The number of halogens is 1. The Balaban J connectivity index is 1.54. The van der Waals surface area contributed by atoms with Crippen LogP contribution in [0.2, 0.25) is 5.02 Å². The zero-order valence-electron chi connectivity index (χ0n) is 16.2. The highest BCUT2D eigenvalue weighted by Crippen LogP contribution is 2.32. The van der Waals surface area contributed by atoms with Crippen LogP contribution in [0.15, 0.2) is 65.5 Å². The van der Waals surface area contributed by atoms with Crippen LogP contribution in [0.1, 0.15) is 23.0 Å². The van der Waals surface area contributed by atoms with Gasteiger partial charge in [-0.05, 0) is 55.3 Å². The highest BCUT2D eigenvalue weighted by atomic mass is 35.5. The molecule has 8 heteroatoms. The lowest BCUT2D eigenvalue weighted by Gasteiger charge is -2.22. The molecule has 3 aromatic rings. The maximum atomic E-state index is 13.1. The van der Waals surface area contributed by atoms with Gasteiger partial charge in [0.25, 0.3) is 11.5 Å². The predicted octanol–water partition coefficient (Wildman–Crippen LogP) is 3.13. The highest BCUT2D eigenvalue weighted by molar-refractivity contribution is 6.30. The van der Waals surface area contributed by atoms with Crippen molar-refractivity contribution in [1.82, 2.24) is 9.78 Å². The van der Waals surface area contributed by atoms with Gasteiger partial charge in [-0.3, -0.25) is 14.4 Å². The fraction of sp³-hybridized carbons (Fsp3) is 0.182. The van der Waals surface area contributed by atoms with E-state index in [-0.39, 0.29) is 24.2 Å². The van der Waals surface area contributed by atoms with Crippen molar-refractivity contribution in [2.75, 3.05) is 10.2 Å². The van der Waals surface area contributed by atoms with Gasteiger partial charge in [-0.1, -0.05) is 29.8 Å². The first-order valence-corrected chi connectivity index (χ1v) is 9.85. The first-order valence-electron chi connectivity index (χ1n) is 9.47. The largest absolute Gasteiger partial charge is 0.324 e. The molecule has 4 rings (SSSR count). The number of nitrogens with zero attached hydrogens (tertiary/aromatic N) is 3. The SMILES string of the molecule is C[C@@H]1Cc2ccccc2N1C(=O)c1ccc(=O)n(CC(=O)Nc2ccc(Cl)cc2)n1. The Bertz CT molecular complexity index is 1170. The van der Waals surface area contributed by atoms with E-state index in [1.165, 1.54) is 12.1 Å². The zero-order chi connectivity index (χ0) is 21.3. The van der Waals surface area contributed by atoms with Gasteiger partial charge in [-0.15, -0.1) is 0 Å². The fourth-order valence-corrected chi connectivity index (χ4v) is 3.67. The Labute approximate surface area is 177 Å². The third-order valence-electron chi connectivity index (χ3n) is 4.93. The molecule has 0 saturated carbocycles. The van der Waals surface area contributed by atoms with Crippen molar-refractivity contribution in [3.8, 4) is 0 Å². The van der Waals surface area contributed by atoms with E-state index in [1.807, 2.05) is 31.2 Å². The highest BCUT2D eigenvalue weighted by Gasteiger charge is 2.32. The number of rotatable bonds is 4. The van der Waals surface area contributed by atoms with Crippen LogP contribution in [-0.4, -0.2) is 27.6 Å². The Morgan fingerprint density at radius 3 is 2.60 bits per heavy atom. The van der Waals surface area contributed by atoms with E-state index in [9.17, 15) is 14.4 Å². The second-order valence-electron chi connectivity index (χ2n) is 7.13. The van der Waals surface area contributed by atoms with E-state index in [2.05, 4.69) is 10.4 Å². The summed E-state index contributed by atoms with van der Waals surface area (Å²) < 4.78 is 0.991. The smallest absolute Gasteiger partial charge is 0.278 e. The number of hydrogen-bond donors (Lipinski definition) is 1. The summed E-state index contributed by atoms with van der Waals surface area (Å²) in [5, 5.41) is 7.38. The van der Waals surface area contributed by atoms with Crippen LogP contribution in [0.25, 0.3) is 0 Å². The first kappa shape index (κ1) is 19.8. The summed E-state index contributed by atoms with van der Waals surface area (Å²) in [6, 6.07) is 16.9.